The molecule has 0 spiro atoms. The Kier molecular flexibility index (Phi) is 2.38. The molecule has 0 saturated carbocycles. The highest BCUT2D eigenvalue weighted by Gasteiger charge is 2.17. The second kappa shape index (κ2) is 3.42. The van der Waals surface area contributed by atoms with Crippen molar-refractivity contribution in [1.82, 2.24) is 0 Å². The zero-order chi connectivity index (χ0) is 10.3. The first-order chi connectivity index (χ1) is 6.63. The molecule has 0 aromatic heterocycles. The molecule has 0 nitrogen and oxygen atoms in total. The first-order valence-corrected chi connectivity index (χ1v) is 4.91. The van der Waals surface area contributed by atoms with Crippen LogP contribution in [-0.4, -0.2) is 0 Å². The minimum absolute atomic E-state index is 0.107. The molecule has 72 valence electrons. The predicted octanol–water partition coefficient (Wildman–Crippen LogP) is 3.86. The van der Waals surface area contributed by atoms with Crippen molar-refractivity contribution in [2.45, 2.75) is 0 Å². The first-order valence-electron chi connectivity index (χ1n) is 3.83. The molecule has 0 radical (unpaired) electrons. The molecule has 2 aromatic rings. The lowest BCUT2D eigenvalue weighted by Gasteiger charge is -2.04. The number of hydrogen-bond donors (Lipinski definition) is 0. The minimum Gasteiger partial charge on any atom is -0.203 e. The van der Waals surface area contributed by atoms with E-state index in [0.717, 1.165) is 0 Å². The molecule has 0 atom stereocenters. The van der Waals surface area contributed by atoms with Gasteiger partial charge in [0.25, 0.3) is 0 Å². The van der Waals surface area contributed by atoms with Crippen molar-refractivity contribution < 1.29 is 13.2 Å². The van der Waals surface area contributed by atoms with Gasteiger partial charge in [-0.3, -0.25) is 0 Å². The van der Waals surface area contributed by atoms with E-state index >= 15 is 0 Å². The van der Waals surface area contributed by atoms with Crippen LogP contribution in [0.15, 0.2) is 24.3 Å². The van der Waals surface area contributed by atoms with Gasteiger partial charge in [0.1, 0.15) is 0 Å². The van der Waals surface area contributed by atoms with Crippen molar-refractivity contribution in [1.29, 1.82) is 0 Å². The maximum atomic E-state index is 13.2. The van der Waals surface area contributed by atoms with E-state index in [9.17, 15) is 13.2 Å². The Hall–Kier alpha value is -0.780. The van der Waals surface area contributed by atoms with Crippen molar-refractivity contribution in [2.75, 3.05) is 0 Å². The first kappa shape index (κ1) is 9.76. The van der Waals surface area contributed by atoms with Gasteiger partial charge in [-0.2, -0.15) is 0 Å². The maximum Gasteiger partial charge on any atom is 0.196 e. The van der Waals surface area contributed by atoms with Crippen molar-refractivity contribution in [3.8, 4) is 0 Å². The van der Waals surface area contributed by atoms with Crippen LogP contribution in [0.1, 0.15) is 0 Å². The lowest BCUT2D eigenvalue weighted by Crippen LogP contribution is -1.96. The van der Waals surface area contributed by atoms with Crippen LogP contribution in [0, 0.1) is 21.0 Å². The van der Waals surface area contributed by atoms with E-state index in [2.05, 4.69) is 0 Å². The quantitative estimate of drug-likeness (QED) is 0.394. The molecule has 0 aliphatic rings. The molecule has 4 heteroatoms. The average molecular weight is 308 g/mol. The Morgan fingerprint density at radius 1 is 0.786 bits per heavy atom. The molecule has 0 aliphatic carbocycles. The fraction of sp³-hybridized carbons (Fsp3) is 0. The van der Waals surface area contributed by atoms with Crippen LogP contribution in [0.3, 0.4) is 0 Å². The normalized spacial score (nSPS) is 10.9. The second-order valence-electron chi connectivity index (χ2n) is 2.80. The summed E-state index contributed by atoms with van der Waals surface area (Å²) in [6.45, 7) is 0. The van der Waals surface area contributed by atoms with Crippen LogP contribution < -0.4 is 0 Å². The number of fused-ring (bicyclic) bond motifs is 1. The molecule has 0 aliphatic heterocycles. The summed E-state index contributed by atoms with van der Waals surface area (Å²) in [5, 5.41) is 0.500. The van der Waals surface area contributed by atoms with Gasteiger partial charge in [-0.15, -0.1) is 0 Å². The summed E-state index contributed by atoms with van der Waals surface area (Å²) in [6.07, 6.45) is 0. The summed E-state index contributed by atoms with van der Waals surface area (Å²) in [6, 6.07) is 6.22. The van der Waals surface area contributed by atoms with Gasteiger partial charge < -0.3 is 0 Å². The van der Waals surface area contributed by atoms with Crippen LogP contribution in [0.2, 0.25) is 0 Å². The molecule has 2 aromatic carbocycles. The Balaban J connectivity index is 3.02. The zero-order valence-corrected chi connectivity index (χ0v) is 8.98. The molecule has 0 heterocycles. The van der Waals surface area contributed by atoms with E-state index in [1.54, 1.807) is 40.8 Å². The Bertz CT molecular complexity index is 462. The molecule has 0 amide bonds. The Morgan fingerprint density at radius 3 is 2.00 bits per heavy atom. The summed E-state index contributed by atoms with van der Waals surface area (Å²) in [5.74, 6) is -3.66. The molecule has 0 saturated heterocycles. The van der Waals surface area contributed by atoms with Crippen molar-refractivity contribution >= 4 is 33.4 Å². The second-order valence-corrected chi connectivity index (χ2v) is 3.88. The van der Waals surface area contributed by atoms with E-state index in [1.807, 2.05) is 0 Å². The third kappa shape index (κ3) is 1.28. The topological polar surface area (TPSA) is 0 Å². The molecule has 0 unspecified atom stereocenters. The third-order valence-corrected chi connectivity index (χ3v) is 3.03. The largest absolute Gasteiger partial charge is 0.203 e. The summed E-state index contributed by atoms with van der Waals surface area (Å²) in [5.41, 5.74) is 0. The summed E-state index contributed by atoms with van der Waals surface area (Å²) in [7, 11) is 0. The smallest absolute Gasteiger partial charge is 0.196 e. The van der Waals surface area contributed by atoms with Crippen molar-refractivity contribution in [2.24, 2.45) is 0 Å². The van der Waals surface area contributed by atoms with Gasteiger partial charge in [-0.1, -0.05) is 24.3 Å². The van der Waals surface area contributed by atoms with Gasteiger partial charge in [0.2, 0.25) is 0 Å². The lowest BCUT2D eigenvalue weighted by atomic mass is 10.1. The van der Waals surface area contributed by atoms with Gasteiger partial charge in [0, 0.05) is 10.8 Å². The van der Waals surface area contributed by atoms with E-state index in [1.165, 1.54) is 6.07 Å². The number of halogens is 4. The Labute approximate surface area is 91.9 Å². The van der Waals surface area contributed by atoms with Crippen molar-refractivity contribution in [3.63, 3.8) is 0 Å². The lowest BCUT2D eigenvalue weighted by molar-refractivity contribution is 0.450. The molecule has 14 heavy (non-hydrogen) atoms. The van der Waals surface area contributed by atoms with E-state index in [-0.39, 0.29) is 8.96 Å². The average Bonchev–Trinajstić information content (AvgIpc) is 2.23. The number of benzene rings is 2. The van der Waals surface area contributed by atoms with Crippen LogP contribution in [-0.2, 0) is 0 Å². The van der Waals surface area contributed by atoms with Crippen LogP contribution in [0.5, 0.6) is 0 Å². The van der Waals surface area contributed by atoms with Gasteiger partial charge in [0.05, 0.1) is 3.57 Å². The van der Waals surface area contributed by atoms with Crippen LogP contribution in [0.25, 0.3) is 10.8 Å². The minimum atomic E-state index is -1.41. The Morgan fingerprint density at radius 2 is 1.36 bits per heavy atom. The predicted molar refractivity (Wildman–Crippen MR) is 56.5 cm³/mol. The fourth-order valence-electron chi connectivity index (χ4n) is 1.30. The number of rotatable bonds is 0. The molecule has 0 bridgehead atoms. The summed E-state index contributed by atoms with van der Waals surface area (Å²) in [4.78, 5) is 0. The van der Waals surface area contributed by atoms with Gasteiger partial charge in [-0.05, 0) is 22.6 Å². The highest BCUT2D eigenvalue weighted by Crippen LogP contribution is 2.28. The number of hydrogen-bond acceptors (Lipinski definition) is 0. The van der Waals surface area contributed by atoms with Crippen molar-refractivity contribution in [3.05, 3.63) is 45.3 Å². The van der Waals surface area contributed by atoms with Crippen LogP contribution >= 0.6 is 22.6 Å². The highest BCUT2D eigenvalue weighted by atomic mass is 127. The summed E-state index contributed by atoms with van der Waals surface area (Å²) < 4.78 is 39.4. The monoisotopic (exact) mass is 308 g/mol. The third-order valence-electron chi connectivity index (χ3n) is 1.98. The van der Waals surface area contributed by atoms with Gasteiger partial charge in [0.15, 0.2) is 17.5 Å². The maximum absolute atomic E-state index is 13.2. The fourth-order valence-corrected chi connectivity index (χ4v) is 2.00. The summed E-state index contributed by atoms with van der Waals surface area (Å²) >= 11 is 1.66. The van der Waals surface area contributed by atoms with E-state index < -0.39 is 17.5 Å². The van der Waals surface area contributed by atoms with Crippen LogP contribution in [0.4, 0.5) is 13.2 Å². The molecule has 0 fully saturated rings. The van der Waals surface area contributed by atoms with Gasteiger partial charge in [-0.25, -0.2) is 13.2 Å². The standard InChI is InChI=1S/C10H4F3I/c11-7-5-3-1-2-4-6(5)10(14)9(13)8(7)12/h1-4H. The zero-order valence-electron chi connectivity index (χ0n) is 6.82. The molecule has 0 N–H and O–H groups in total. The molecular weight excluding hydrogens is 304 g/mol. The van der Waals surface area contributed by atoms with Gasteiger partial charge >= 0.3 is 0 Å². The van der Waals surface area contributed by atoms with E-state index in [0.29, 0.717) is 5.39 Å². The molecule has 2 rings (SSSR count). The molecular formula is C10H4F3I. The SMILES string of the molecule is Fc1c(F)c(I)c2ccccc2c1F. The highest BCUT2D eigenvalue weighted by molar-refractivity contribution is 14.1. The van der Waals surface area contributed by atoms with E-state index in [4.69, 9.17) is 0 Å².